The third-order valence-corrected chi connectivity index (χ3v) is 9.76. The number of nitrogens with one attached hydrogen (secondary N) is 1. The van der Waals surface area contributed by atoms with Crippen molar-refractivity contribution < 1.29 is 20.5 Å². The van der Waals surface area contributed by atoms with Crippen molar-refractivity contribution >= 4 is 17.5 Å². The Hall–Kier alpha value is -3.68. The Morgan fingerprint density at radius 3 is 2.25 bits per heavy atom. The Balaban J connectivity index is 0.00000627. The van der Waals surface area contributed by atoms with Gasteiger partial charge >= 0.3 is 0 Å². The molecule has 0 radical (unpaired) electrons. The number of rotatable bonds is 18. The van der Waals surface area contributed by atoms with Crippen LogP contribution in [0, 0.1) is 5.41 Å². The summed E-state index contributed by atoms with van der Waals surface area (Å²) < 4.78 is 13.3. The second kappa shape index (κ2) is 19.4. The topological polar surface area (TPSA) is 108 Å². The summed E-state index contributed by atoms with van der Waals surface area (Å²) in [5.41, 5.74) is 5.70. The molecule has 52 heavy (non-hydrogen) atoms. The van der Waals surface area contributed by atoms with Gasteiger partial charge in [0.05, 0.1) is 37.7 Å². The van der Waals surface area contributed by atoms with Gasteiger partial charge in [-0.3, -0.25) is 14.5 Å². The molecule has 1 fully saturated rings. The molecule has 12 nitrogen and oxygen atoms in total. The molecule has 3 heterocycles. The zero-order valence-electron chi connectivity index (χ0n) is 32.1. The summed E-state index contributed by atoms with van der Waals surface area (Å²) in [6.07, 6.45) is 2.16. The van der Waals surface area contributed by atoms with Crippen LogP contribution in [0.15, 0.2) is 48.5 Å². The minimum absolute atomic E-state index is 0. The maximum Gasteiger partial charge on any atom is 0.227 e. The molecule has 2 aromatic carbocycles. The summed E-state index contributed by atoms with van der Waals surface area (Å²) >= 11 is 0. The first-order valence-corrected chi connectivity index (χ1v) is 19.0. The molecule has 0 aliphatic carbocycles. The van der Waals surface area contributed by atoms with E-state index >= 15 is 0 Å². The second-order valence-electron chi connectivity index (χ2n) is 15.4. The van der Waals surface area contributed by atoms with Crippen LogP contribution in [-0.4, -0.2) is 134 Å². The van der Waals surface area contributed by atoms with Crippen LogP contribution in [0.25, 0.3) is 22.5 Å². The van der Waals surface area contributed by atoms with E-state index in [1.165, 1.54) is 0 Å². The molecule has 0 atom stereocenters. The number of hydrogen-bond acceptors (Lipinski definition) is 9. The lowest BCUT2D eigenvalue weighted by molar-refractivity contribution is -0.125. The zero-order valence-corrected chi connectivity index (χ0v) is 32.1. The number of fused-ring (bicyclic) bond motifs is 5. The van der Waals surface area contributed by atoms with E-state index in [0.29, 0.717) is 39.5 Å². The molecule has 2 aliphatic rings. The van der Waals surface area contributed by atoms with Crippen molar-refractivity contribution in [3.63, 3.8) is 0 Å². The standard InChI is InChI=1S/C40H60N8O4.H2/c1-40(2,3)17-27-51-29-30-52-28-18-41-36(49)15-16-37(50)47-31-32-11-6-7-12-33(32)39-38(34-13-8-9-14-35(34)47)42-43-48(39)20-10-19-45-23-25-46(26-24-45)22-21-44(4)5;/h6-9,11-14H,10,15-31H2,1-5H3,(H,41,49);1H. The highest BCUT2D eigenvalue weighted by molar-refractivity contribution is 6.01. The second-order valence-corrected chi connectivity index (χ2v) is 15.4. The number of likely N-dealkylation sites (N-methyl/N-ethyl adjacent to an activating group) is 1. The summed E-state index contributed by atoms with van der Waals surface area (Å²) in [7, 11) is 4.26. The summed E-state index contributed by atoms with van der Waals surface area (Å²) in [6.45, 7) is 17.9. The first-order chi connectivity index (χ1) is 25.1. The highest BCUT2D eigenvalue weighted by atomic mass is 16.5. The van der Waals surface area contributed by atoms with Crippen molar-refractivity contribution in [2.75, 3.05) is 97.8 Å². The maximum absolute atomic E-state index is 13.9. The Bertz CT molecular complexity index is 1580. The van der Waals surface area contributed by atoms with Crippen molar-refractivity contribution in [2.24, 2.45) is 5.41 Å². The molecule has 286 valence electrons. The molecule has 12 heteroatoms. The Morgan fingerprint density at radius 2 is 1.52 bits per heavy atom. The molecular formula is C40H62N8O4. The SMILES string of the molecule is CN(C)CCN1CCN(CCCn2nnc3c2-c2ccccc2CN(C(=O)CCC(=O)NCCOCCOCCC(C)(C)C)c2ccccc2-3)CC1.[HH]. The van der Waals surface area contributed by atoms with Crippen LogP contribution in [0.1, 0.15) is 53.4 Å². The van der Waals surface area contributed by atoms with Gasteiger partial charge in [0.15, 0.2) is 0 Å². The first-order valence-electron chi connectivity index (χ1n) is 19.0. The number of aryl methyl sites for hydroxylation is 1. The molecule has 0 bridgehead atoms. The molecule has 2 aliphatic heterocycles. The Labute approximate surface area is 311 Å². The van der Waals surface area contributed by atoms with E-state index in [9.17, 15) is 9.59 Å². The first kappa shape index (κ1) is 39.5. The molecule has 0 spiro atoms. The fourth-order valence-electron chi connectivity index (χ4n) is 6.62. The number of para-hydroxylation sites is 1. The van der Waals surface area contributed by atoms with Gasteiger partial charge in [-0.1, -0.05) is 68.4 Å². The quantitative estimate of drug-likeness (QED) is 0.188. The van der Waals surface area contributed by atoms with Gasteiger partial charge in [-0.25, -0.2) is 4.68 Å². The van der Waals surface area contributed by atoms with Gasteiger partial charge in [-0.05, 0) is 44.0 Å². The van der Waals surface area contributed by atoms with Gasteiger partial charge in [-0.15, -0.1) is 5.10 Å². The zero-order chi connectivity index (χ0) is 36.9. The van der Waals surface area contributed by atoms with Crippen molar-refractivity contribution in [3.05, 3.63) is 54.1 Å². The Morgan fingerprint density at radius 1 is 0.846 bits per heavy atom. The van der Waals surface area contributed by atoms with E-state index in [2.05, 4.69) is 72.2 Å². The number of amides is 2. The molecule has 0 saturated carbocycles. The van der Waals surface area contributed by atoms with Gasteiger partial charge in [0, 0.05) is 90.9 Å². The van der Waals surface area contributed by atoms with Gasteiger partial charge in [-0.2, -0.15) is 0 Å². The van der Waals surface area contributed by atoms with Gasteiger partial charge < -0.3 is 29.5 Å². The van der Waals surface area contributed by atoms with Crippen LogP contribution >= 0.6 is 0 Å². The van der Waals surface area contributed by atoms with E-state index in [1.54, 1.807) is 4.90 Å². The monoisotopic (exact) mass is 718 g/mol. The van der Waals surface area contributed by atoms with Crippen LogP contribution in [0.3, 0.4) is 0 Å². The molecule has 1 aromatic heterocycles. The third-order valence-electron chi connectivity index (χ3n) is 9.76. The minimum Gasteiger partial charge on any atom is -0.379 e. The average molecular weight is 719 g/mol. The number of ether oxygens (including phenoxy) is 2. The minimum atomic E-state index is -0.171. The van der Waals surface area contributed by atoms with Crippen molar-refractivity contribution in [3.8, 4) is 22.5 Å². The number of carbonyl (C=O) groups is 2. The normalized spacial score (nSPS) is 15.2. The molecule has 1 N–H and O–H groups in total. The van der Waals surface area contributed by atoms with Crippen LogP contribution < -0.4 is 10.2 Å². The molecule has 3 aromatic rings. The average Bonchev–Trinajstić information content (AvgIpc) is 3.53. The van der Waals surface area contributed by atoms with Gasteiger partial charge in [0.1, 0.15) is 5.69 Å². The number of aromatic nitrogens is 3. The predicted octanol–water partition coefficient (Wildman–Crippen LogP) is 4.64. The van der Waals surface area contributed by atoms with Crippen LogP contribution in [0.4, 0.5) is 5.69 Å². The lowest BCUT2D eigenvalue weighted by Crippen LogP contribution is -2.48. The number of anilines is 1. The number of nitrogens with zero attached hydrogens (tertiary/aromatic N) is 7. The lowest BCUT2D eigenvalue weighted by Gasteiger charge is -2.35. The predicted molar refractivity (Wildman–Crippen MR) is 208 cm³/mol. The van der Waals surface area contributed by atoms with E-state index in [-0.39, 0.29) is 31.5 Å². The lowest BCUT2D eigenvalue weighted by atomic mass is 9.93. The third kappa shape index (κ3) is 11.7. The Kier molecular flexibility index (Phi) is 14.8. The van der Waals surface area contributed by atoms with Gasteiger partial charge in [0.25, 0.3) is 0 Å². The van der Waals surface area contributed by atoms with Crippen LogP contribution in [0.5, 0.6) is 0 Å². The van der Waals surface area contributed by atoms with Crippen LogP contribution in [0.2, 0.25) is 0 Å². The van der Waals surface area contributed by atoms with Crippen molar-refractivity contribution in [1.82, 2.24) is 35.0 Å². The number of benzene rings is 2. The number of hydrogen-bond donors (Lipinski definition) is 1. The van der Waals surface area contributed by atoms with Crippen LogP contribution in [-0.2, 0) is 32.2 Å². The highest BCUT2D eigenvalue weighted by Crippen LogP contribution is 2.41. The van der Waals surface area contributed by atoms with E-state index < -0.39 is 0 Å². The van der Waals surface area contributed by atoms with E-state index in [0.717, 1.165) is 99.0 Å². The summed E-state index contributed by atoms with van der Waals surface area (Å²) in [6, 6.07) is 16.1. The van der Waals surface area contributed by atoms with E-state index in [1.807, 2.05) is 41.1 Å². The molecule has 5 rings (SSSR count). The van der Waals surface area contributed by atoms with Gasteiger partial charge in [0.2, 0.25) is 11.8 Å². The maximum atomic E-state index is 13.9. The fourth-order valence-corrected chi connectivity index (χ4v) is 6.62. The fraction of sp³-hybridized carbons (Fsp3) is 0.600. The summed E-state index contributed by atoms with van der Waals surface area (Å²) in [4.78, 5) is 35.7. The highest BCUT2D eigenvalue weighted by Gasteiger charge is 2.29. The number of piperazine rings is 1. The molecule has 1 saturated heterocycles. The summed E-state index contributed by atoms with van der Waals surface area (Å²) in [5, 5.41) is 12.3. The smallest absolute Gasteiger partial charge is 0.227 e. The number of carbonyl (C=O) groups excluding carboxylic acids is 2. The molecular weight excluding hydrogens is 656 g/mol. The van der Waals surface area contributed by atoms with Crippen molar-refractivity contribution in [2.45, 2.75) is 59.5 Å². The van der Waals surface area contributed by atoms with E-state index in [4.69, 9.17) is 14.6 Å². The largest absolute Gasteiger partial charge is 0.379 e. The van der Waals surface area contributed by atoms with Crippen molar-refractivity contribution in [1.29, 1.82) is 0 Å². The molecule has 2 amide bonds. The molecule has 0 unspecified atom stereocenters. The summed E-state index contributed by atoms with van der Waals surface area (Å²) in [5.74, 6) is -0.283.